The van der Waals surface area contributed by atoms with E-state index in [0.29, 0.717) is 23.9 Å². The lowest BCUT2D eigenvalue weighted by Crippen LogP contribution is -2.26. The van der Waals surface area contributed by atoms with Gasteiger partial charge in [-0.25, -0.2) is 9.48 Å². The number of aromatic nitrogens is 2. The van der Waals surface area contributed by atoms with E-state index in [2.05, 4.69) is 15.7 Å². The number of hydrogen-bond acceptors (Lipinski definition) is 5. The fraction of sp³-hybridized carbons (Fsp3) is 0.174. The molecule has 0 saturated carbocycles. The number of benzene rings is 2. The van der Waals surface area contributed by atoms with Crippen LogP contribution in [0.2, 0.25) is 0 Å². The van der Waals surface area contributed by atoms with Gasteiger partial charge in [-0.15, -0.1) is 0 Å². The predicted octanol–water partition coefficient (Wildman–Crippen LogP) is 3.83. The summed E-state index contributed by atoms with van der Waals surface area (Å²) in [6.07, 6.45) is 2.99. The Labute approximate surface area is 179 Å². The molecule has 0 saturated heterocycles. The smallest absolute Gasteiger partial charge is 0.352 e. The highest BCUT2D eigenvalue weighted by molar-refractivity contribution is 6.08. The van der Waals surface area contributed by atoms with Crippen LogP contribution in [0.25, 0.3) is 0 Å². The van der Waals surface area contributed by atoms with E-state index in [-0.39, 0.29) is 17.2 Å². The van der Waals surface area contributed by atoms with Crippen LogP contribution in [0, 0.1) is 6.92 Å². The Bertz CT molecular complexity index is 1180. The van der Waals surface area contributed by atoms with Gasteiger partial charge in [0.05, 0.1) is 12.8 Å². The van der Waals surface area contributed by atoms with Crippen molar-refractivity contribution >= 4 is 23.4 Å². The normalized spacial score (nSPS) is 14.8. The molecule has 1 aliphatic rings. The largest absolute Gasteiger partial charge is 0.494 e. The number of amides is 1. The first kappa shape index (κ1) is 20.2. The zero-order chi connectivity index (χ0) is 22.0. The van der Waals surface area contributed by atoms with Crippen molar-refractivity contribution in [3.63, 3.8) is 0 Å². The second kappa shape index (κ2) is 8.35. The Kier molecular flexibility index (Phi) is 5.44. The van der Waals surface area contributed by atoms with Crippen molar-refractivity contribution in [1.29, 1.82) is 0 Å². The maximum Gasteiger partial charge on any atom is 0.352 e. The molecule has 0 fully saturated rings. The quantitative estimate of drug-likeness (QED) is 0.562. The molecule has 4 rings (SSSR count). The molecule has 1 atom stereocenters. The first-order chi connectivity index (χ1) is 15.0. The lowest BCUT2D eigenvalue weighted by Gasteiger charge is -2.25. The van der Waals surface area contributed by atoms with Gasteiger partial charge < -0.3 is 20.5 Å². The van der Waals surface area contributed by atoms with E-state index in [1.165, 1.54) is 6.20 Å². The van der Waals surface area contributed by atoms with Gasteiger partial charge in [0.1, 0.15) is 28.9 Å². The molecular weight excluding hydrogens is 396 g/mol. The van der Waals surface area contributed by atoms with Gasteiger partial charge in [-0.3, -0.25) is 4.79 Å². The van der Waals surface area contributed by atoms with Crippen LogP contribution in [0.1, 0.15) is 34.5 Å². The van der Waals surface area contributed by atoms with E-state index in [9.17, 15) is 14.7 Å². The number of nitrogens with one attached hydrogen (secondary N) is 2. The van der Waals surface area contributed by atoms with Gasteiger partial charge in [-0.2, -0.15) is 5.10 Å². The van der Waals surface area contributed by atoms with Crippen LogP contribution in [-0.2, 0) is 4.79 Å². The third-order valence-electron chi connectivity index (χ3n) is 5.04. The average molecular weight is 418 g/mol. The summed E-state index contributed by atoms with van der Waals surface area (Å²) in [5.41, 5.74) is 2.55. The molecule has 0 bridgehead atoms. The molecule has 0 radical (unpaired) electrons. The number of nitrogens with zero attached hydrogens (tertiary/aromatic N) is 2. The lowest BCUT2D eigenvalue weighted by atomic mass is 10.0. The van der Waals surface area contributed by atoms with Crippen molar-refractivity contribution in [2.24, 2.45) is 0 Å². The molecule has 2 aromatic carbocycles. The van der Waals surface area contributed by atoms with Crippen LogP contribution in [-0.4, -0.2) is 33.4 Å². The van der Waals surface area contributed by atoms with Gasteiger partial charge in [0.25, 0.3) is 5.91 Å². The number of fused-ring (bicyclic) bond motifs is 1. The molecule has 1 amide bonds. The summed E-state index contributed by atoms with van der Waals surface area (Å²) in [5.74, 6) is -0.573. The van der Waals surface area contributed by atoms with Crippen LogP contribution in [0.5, 0.6) is 5.75 Å². The van der Waals surface area contributed by atoms with Crippen LogP contribution < -0.4 is 15.4 Å². The monoisotopic (exact) mass is 418 g/mol. The summed E-state index contributed by atoms with van der Waals surface area (Å²) in [7, 11) is 0. The van der Waals surface area contributed by atoms with E-state index in [4.69, 9.17) is 4.74 Å². The zero-order valence-electron chi connectivity index (χ0n) is 17.1. The third-order valence-corrected chi connectivity index (χ3v) is 5.04. The van der Waals surface area contributed by atoms with Crippen molar-refractivity contribution < 1.29 is 19.4 Å². The summed E-state index contributed by atoms with van der Waals surface area (Å²) >= 11 is 0. The second-order valence-corrected chi connectivity index (χ2v) is 7.05. The highest BCUT2D eigenvalue weighted by Crippen LogP contribution is 2.36. The topological polar surface area (TPSA) is 105 Å². The molecule has 1 unspecified atom stereocenters. The highest BCUT2D eigenvalue weighted by atomic mass is 16.5. The first-order valence-electron chi connectivity index (χ1n) is 9.88. The Morgan fingerprint density at radius 3 is 2.68 bits per heavy atom. The highest BCUT2D eigenvalue weighted by Gasteiger charge is 2.30. The molecule has 0 spiro atoms. The summed E-state index contributed by atoms with van der Waals surface area (Å²) in [6.45, 7) is 4.24. The Morgan fingerprint density at radius 2 is 1.94 bits per heavy atom. The fourth-order valence-corrected chi connectivity index (χ4v) is 3.52. The Hall–Kier alpha value is -4.07. The number of carbonyl (C=O) groups excluding carboxylic acids is 1. The van der Waals surface area contributed by atoms with Gasteiger partial charge in [0, 0.05) is 11.3 Å². The van der Waals surface area contributed by atoms with E-state index >= 15 is 0 Å². The molecule has 1 aromatic heterocycles. The van der Waals surface area contributed by atoms with Crippen molar-refractivity contribution in [3.8, 4) is 5.75 Å². The van der Waals surface area contributed by atoms with Crippen molar-refractivity contribution in [2.45, 2.75) is 19.9 Å². The van der Waals surface area contributed by atoms with Crippen LogP contribution in [0.4, 0.5) is 11.5 Å². The minimum absolute atomic E-state index is 0.0331. The minimum atomic E-state index is -1.13. The number of carboxylic acid groups (broad SMARTS) is 1. The molecule has 31 heavy (non-hydrogen) atoms. The summed E-state index contributed by atoms with van der Waals surface area (Å²) in [5, 5.41) is 19.7. The lowest BCUT2D eigenvalue weighted by molar-refractivity contribution is -0.132. The minimum Gasteiger partial charge on any atom is -0.494 e. The maximum atomic E-state index is 13.0. The molecule has 158 valence electrons. The molecule has 2 heterocycles. The number of carbonyl (C=O) groups is 2. The van der Waals surface area contributed by atoms with Crippen LogP contribution in [0.3, 0.4) is 0 Å². The second-order valence-electron chi connectivity index (χ2n) is 7.05. The molecular formula is C23H22N4O4. The number of carboxylic acids is 1. The number of anilines is 2. The standard InChI is InChI=1S/C23H22N4O4/c1-3-31-20-11-7-5-9-15(20)19-12-18(23(29)30)25-21-16(13-24-27(19)21)22(28)26-17-10-6-4-8-14(17)2/h4-13,19,25H,3H2,1-2H3,(H,26,28)(H,29,30). The number of allylic oxidation sites excluding steroid dienone is 1. The van der Waals surface area contributed by atoms with Crippen molar-refractivity contribution in [3.05, 3.63) is 83.2 Å². The Morgan fingerprint density at radius 1 is 1.19 bits per heavy atom. The number of aryl methyl sites for hydroxylation is 1. The molecule has 3 N–H and O–H groups in total. The molecule has 0 aliphatic carbocycles. The van der Waals surface area contributed by atoms with E-state index in [1.54, 1.807) is 16.8 Å². The maximum absolute atomic E-state index is 13.0. The summed E-state index contributed by atoms with van der Waals surface area (Å²) in [6, 6.07) is 14.3. The van der Waals surface area contributed by atoms with Gasteiger partial charge in [0.2, 0.25) is 0 Å². The number of hydrogen-bond donors (Lipinski definition) is 3. The van der Waals surface area contributed by atoms with Crippen LogP contribution >= 0.6 is 0 Å². The van der Waals surface area contributed by atoms with Gasteiger partial charge in [-0.1, -0.05) is 36.4 Å². The Balaban J connectivity index is 1.76. The molecule has 3 aromatic rings. The summed E-state index contributed by atoms with van der Waals surface area (Å²) < 4.78 is 7.32. The average Bonchev–Trinajstić information content (AvgIpc) is 3.19. The molecule has 8 nitrogen and oxygen atoms in total. The zero-order valence-corrected chi connectivity index (χ0v) is 17.1. The van der Waals surface area contributed by atoms with E-state index in [0.717, 1.165) is 11.1 Å². The van der Waals surface area contributed by atoms with Gasteiger partial charge >= 0.3 is 5.97 Å². The molecule has 1 aliphatic heterocycles. The SMILES string of the molecule is CCOc1ccccc1C1C=C(C(=O)O)Nc2c(C(=O)Nc3ccccc3C)cnn21. The third kappa shape index (κ3) is 3.87. The van der Waals surface area contributed by atoms with Gasteiger partial charge in [0.15, 0.2) is 0 Å². The van der Waals surface area contributed by atoms with Gasteiger partial charge in [-0.05, 0) is 37.6 Å². The number of aliphatic carboxylic acids is 1. The van der Waals surface area contributed by atoms with Crippen molar-refractivity contribution in [2.75, 3.05) is 17.2 Å². The summed E-state index contributed by atoms with van der Waals surface area (Å²) in [4.78, 5) is 24.8. The number of ether oxygens (including phenoxy) is 1. The van der Waals surface area contributed by atoms with E-state index < -0.39 is 12.0 Å². The van der Waals surface area contributed by atoms with Crippen molar-refractivity contribution in [1.82, 2.24) is 9.78 Å². The van der Waals surface area contributed by atoms with E-state index in [1.807, 2.05) is 56.3 Å². The first-order valence-corrected chi connectivity index (χ1v) is 9.88. The van der Waals surface area contributed by atoms with Crippen LogP contribution in [0.15, 0.2) is 66.5 Å². The predicted molar refractivity (Wildman–Crippen MR) is 116 cm³/mol. The number of rotatable bonds is 6. The molecule has 8 heteroatoms. The number of para-hydroxylation sites is 2. The fourth-order valence-electron chi connectivity index (χ4n) is 3.52.